The first kappa shape index (κ1) is 16.9. The number of hydrogen-bond donors (Lipinski definition) is 0. The van der Waals surface area contributed by atoms with E-state index in [9.17, 15) is 9.59 Å². The SMILES string of the molecule is CC1(C)CC(=O)c2cc3c(=O)c4ccccc4c-3nn(-c3ccccc3)c2C1. The van der Waals surface area contributed by atoms with Crippen LogP contribution in [0.25, 0.3) is 27.7 Å². The summed E-state index contributed by atoms with van der Waals surface area (Å²) in [5.41, 5.74) is 3.31. The van der Waals surface area contributed by atoms with E-state index in [1.165, 1.54) is 0 Å². The molecule has 3 aliphatic rings. The van der Waals surface area contributed by atoms with Gasteiger partial charge >= 0.3 is 0 Å². The van der Waals surface area contributed by atoms with Gasteiger partial charge < -0.3 is 0 Å². The number of benzene rings is 2. The van der Waals surface area contributed by atoms with Crippen LogP contribution in [-0.2, 0) is 6.42 Å². The fraction of sp³-hybridized carbons (Fsp3) is 0.208. The molecular weight excluding hydrogens is 348 g/mol. The third-order valence-electron chi connectivity index (χ3n) is 5.57. The predicted molar refractivity (Wildman–Crippen MR) is 110 cm³/mol. The van der Waals surface area contributed by atoms with Crippen LogP contribution in [0.15, 0.2) is 65.5 Å². The first-order chi connectivity index (χ1) is 13.4. The van der Waals surface area contributed by atoms with Crippen molar-refractivity contribution in [3.05, 3.63) is 82.1 Å². The first-order valence-corrected chi connectivity index (χ1v) is 9.51. The van der Waals surface area contributed by atoms with Crippen molar-refractivity contribution in [2.45, 2.75) is 26.7 Å². The molecule has 138 valence electrons. The quantitative estimate of drug-likeness (QED) is 0.492. The first-order valence-electron chi connectivity index (χ1n) is 9.51. The molecule has 0 saturated carbocycles. The lowest BCUT2D eigenvalue weighted by molar-refractivity contribution is 0.0909. The largest absolute Gasteiger partial charge is 0.294 e. The Kier molecular flexibility index (Phi) is 3.53. The van der Waals surface area contributed by atoms with Gasteiger partial charge in [0, 0.05) is 22.8 Å². The van der Waals surface area contributed by atoms with Crippen molar-refractivity contribution in [2.75, 3.05) is 0 Å². The molecule has 0 bridgehead atoms. The fourth-order valence-corrected chi connectivity index (χ4v) is 4.27. The summed E-state index contributed by atoms with van der Waals surface area (Å²) in [5, 5.41) is 6.41. The predicted octanol–water partition coefficient (Wildman–Crippen LogP) is 4.65. The molecule has 0 amide bonds. The van der Waals surface area contributed by atoms with E-state index < -0.39 is 0 Å². The van der Waals surface area contributed by atoms with Gasteiger partial charge in [0.2, 0.25) is 0 Å². The Labute approximate surface area is 162 Å². The van der Waals surface area contributed by atoms with E-state index in [1.54, 1.807) is 6.07 Å². The highest BCUT2D eigenvalue weighted by molar-refractivity contribution is 6.04. The minimum atomic E-state index is -0.150. The zero-order chi connectivity index (χ0) is 19.5. The van der Waals surface area contributed by atoms with Crippen LogP contribution in [0, 0.1) is 5.41 Å². The summed E-state index contributed by atoms with van der Waals surface area (Å²) in [6, 6.07) is 19.1. The van der Waals surface area contributed by atoms with Crippen molar-refractivity contribution in [1.29, 1.82) is 0 Å². The maximum atomic E-state index is 13.1. The molecule has 4 heteroatoms. The van der Waals surface area contributed by atoms with Crippen LogP contribution in [0.2, 0.25) is 0 Å². The van der Waals surface area contributed by atoms with Crippen molar-refractivity contribution < 1.29 is 4.79 Å². The Morgan fingerprint density at radius 2 is 1.54 bits per heavy atom. The van der Waals surface area contributed by atoms with Gasteiger partial charge in [-0.25, -0.2) is 4.68 Å². The molecule has 0 N–H and O–H groups in total. The molecule has 1 heterocycles. The highest BCUT2D eigenvalue weighted by atomic mass is 16.1. The Morgan fingerprint density at radius 1 is 0.857 bits per heavy atom. The molecule has 2 aromatic rings. The van der Waals surface area contributed by atoms with Gasteiger partial charge in [-0.15, -0.1) is 0 Å². The molecule has 0 saturated heterocycles. The van der Waals surface area contributed by atoms with E-state index in [4.69, 9.17) is 5.10 Å². The van der Waals surface area contributed by atoms with Gasteiger partial charge in [-0.1, -0.05) is 56.3 Å². The number of hydrogen-bond acceptors (Lipinski definition) is 3. The molecular formula is C24H20N2O2. The fourth-order valence-electron chi connectivity index (χ4n) is 4.27. The number of carbonyl (C=O) groups is 1. The molecule has 0 aromatic heterocycles. The Bertz CT molecular complexity index is 1270. The lowest BCUT2D eigenvalue weighted by Gasteiger charge is -2.30. The number of rotatable bonds is 1. The molecule has 0 unspecified atom stereocenters. The lowest BCUT2D eigenvalue weighted by Crippen LogP contribution is -2.29. The Balaban J connectivity index is 1.97. The van der Waals surface area contributed by atoms with Crippen LogP contribution in [-0.4, -0.2) is 15.6 Å². The van der Waals surface area contributed by atoms with Crippen molar-refractivity contribution in [2.24, 2.45) is 5.41 Å². The molecule has 0 radical (unpaired) electrons. The molecule has 2 aliphatic carbocycles. The minimum absolute atomic E-state index is 0.0613. The number of Topliss-reactive ketones (excluding diaryl/α,β-unsaturated/α-hetero) is 1. The van der Waals surface area contributed by atoms with E-state index in [1.807, 2.05) is 59.3 Å². The van der Waals surface area contributed by atoms with Crippen LogP contribution >= 0.6 is 0 Å². The highest BCUT2D eigenvalue weighted by Gasteiger charge is 2.34. The van der Waals surface area contributed by atoms with Crippen LogP contribution in [0.5, 0.6) is 0 Å². The maximum absolute atomic E-state index is 13.1. The van der Waals surface area contributed by atoms with Gasteiger partial charge in [-0.3, -0.25) is 9.59 Å². The van der Waals surface area contributed by atoms with Crippen molar-refractivity contribution in [1.82, 2.24) is 9.78 Å². The van der Waals surface area contributed by atoms with Crippen molar-refractivity contribution in [3.63, 3.8) is 0 Å². The standard InChI is InChI=1S/C24H20N2O2/c1-24(2)13-20-18(21(27)14-24)12-19-22(16-10-6-7-11-17(16)23(19)28)25-26(20)15-8-4-3-5-9-15/h3-12H,13-14H2,1-2H3. The lowest BCUT2D eigenvalue weighted by atomic mass is 9.75. The summed E-state index contributed by atoms with van der Waals surface area (Å²) < 4.78 is 1.86. The molecule has 28 heavy (non-hydrogen) atoms. The average molecular weight is 368 g/mol. The summed E-state index contributed by atoms with van der Waals surface area (Å²) in [6.45, 7) is 4.20. The van der Waals surface area contributed by atoms with E-state index >= 15 is 0 Å². The summed E-state index contributed by atoms with van der Waals surface area (Å²) >= 11 is 0. The summed E-state index contributed by atoms with van der Waals surface area (Å²) in [7, 11) is 0. The maximum Gasteiger partial charge on any atom is 0.195 e. The van der Waals surface area contributed by atoms with E-state index in [2.05, 4.69) is 13.8 Å². The minimum Gasteiger partial charge on any atom is -0.294 e. The van der Waals surface area contributed by atoms with E-state index in [0.717, 1.165) is 23.2 Å². The third-order valence-corrected chi connectivity index (χ3v) is 5.57. The number of nitrogens with zero attached hydrogens (tertiary/aromatic N) is 2. The van der Waals surface area contributed by atoms with Crippen LogP contribution in [0.4, 0.5) is 0 Å². The highest BCUT2D eigenvalue weighted by Crippen LogP contribution is 2.37. The molecule has 0 spiro atoms. The number of aromatic nitrogens is 2. The van der Waals surface area contributed by atoms with Gasteiger partial charge in [0.15, 0.2) is 11.2 Å². The normalized spacial score (nSPS) is 15.7. The molecule has 0 atom stereocenters. The van der Waals surface area contributed by atoms with Crippen LogP contribution in [0.3, 0.4) is 0 Å². The zero-order valence-electron chi connectivity index (χ0n) is 15.9. The second-order valence-corrected chi connectivity index (χ2v) is 8.33. The summed E-state index contributed by atoms with van der Waals surface area (Å²) in [5.74, 6) is 0.0693. The van der Waals surface area contributed by atoms with Gasteiger partial charge in [0.05, 0.1) is 16.9 Å². The van der Waals surface area contributed by atoms with Gasteiger partial charge in [0.25, 0.3) is 0 Å². The summed E-state index contributed by atoms with van der Waals surface area (Å²) in [4.78, 5) is 26.1. The van der Waals surface area contributed by atoms with E-state index in [0.29, 0.717) is 28.6 Å². The van der Waals surface area contributed by atoms with Crippen molar-refractivity contribution >= 4 is 16.6 Å². The molecule has 4 nitrogen and oxygen atoms in total. The van der Waals surface area contributed by atoms with Gasteiger partial charge in [0.1, 0.15) is 5.69 Å². The molecule has 5 rings (SSSR count). The number of carbonyl (C=O) groups excluding carboxylic acids is 1. The molecule has 0 fully saturated rings. The van der Waals surface area contributed by atoms with Crippen LogP contribution < -0.4 is 5.43 Å². The van der Waals surface area contributed by atoms with Crippen LogP contribution in [0.1, 0.15) is 36.3 Å². The zero-order valence-corrected chi connectivity index (χ0v) is 15.9. The number of para-hydroxylation sites is 1. The molecule has 2 aromatic carbocycles. The van der Waals surface area contributed by atoms with E-state index in [-0.39, 0.29) is 16.6 Å². The van der Waals surface area contributed by atoms with Gasteiger partial charge in [-0.2, -0.15) is 5.10 Å². The van der Waals surface area contributed by atoms with Crippen molar-refractivity contribution in [3.8, 4) is 16.9 Å². The second-order valence-electron chi connectivity index (χ2n) is 8.33. The number of ketones is 1. The average Bonchev–Trinajstić information content (AvgIpc) is 2.83. The third kappa shape index (κ3) is 2.48. The molecule has 1 aliphatic heterocycles. The number of fused-ring (bicyclic) bond motifs is 4. The van der Waals surface area contributed by atoms with Gasteiger partial charge in [-0.05, 0) is 30.0 Å². The second kappa shape index (κ2) is 5.86. The monoisotopic (exact) mass is 368 g/mol. The summed E-state index contributed by atoms with van der Waals surface area (Å²) in [6.07, 6.45) is 1.19. The Morgan fingerprint density at radius 3 is 2.29 bits per heavy atom. The Hall–Kier alpha value is -3.27. The smallest absolute Gasteiger partial charge is 0.195 e. The topological polar surface area (TPSA) is 52.0 Å².